The smallest absolute Gasteiger partial charge is 0.255 e. The average molecular weight is 444 g/mol. The molecule has 0 aromatic heterocycles. The molecule has 2 N–H and O–H groups in total. The van der Waals surface area contributed by atoms with Crippen molar-refractivity contribution in [2.24, 2.45) is 5.92 Å². The van der Waals surface area contributed by atoms with Crippen molar-refractivity contribution in [1.29, 1.82) is 0 Å². The van der Waals surface area contributed by atoms with Crippen LogP contribution in [-0.4, -0.2) is 45.4 Å². The lowest BCUT2D eigenvalue weighted by atomic mass is 9.89. The lowest BCUT2D eigenvalue weighted by Crippen LogP contribution is -2.44. The van der Waals surface area contributed by atoms with E-state index < -0.39 is 10.0 Å². The fourth-order valence-corrected chi connectivity index (χ4v) is 5.64. The first kappa shape index (κ1) is 23.4. The Morgan fingerprint density at radius 1 is 1.10 bits per heavy atom. The number of rotatable bonds is 7. The number of likely N-dealkylation sites (tertiary alicyclic amines) is 1. The second-order valence-electron chi connectivity index (χ2n) is 8.52. The molecule has 3 rings (SSSR count). The van der Waals surface area contributed by atoms with Crippen molar-refractivity contribution in [3.05, 3.63) is 59.2 Å². The summed E-state index contributed by atoms with van der Waals surface area (Å²) in [5.41, 5.74) is 2.80. The van der Waals surface area contributed by atoms with Crippen molar-refractivity contribution >= 4 is 21.6 Å². The molecular weight excluding hydrogens is 410 g/mol. The molecule has 2 aromatic carbocycles. The normalized spacial score (nSPS) is 16.8. The molecule has 168 valence electrons. The Balaban J connectivity index is 1.73. The second-order valence-corrected chi connectivity index (χ2v) is 10.2. The van der Waals surface area contributed by atoms with Crippen molar-refractivity contribution in [1.82, 2.24) is 9.62 Å². The van der Waals surface area contributed by atoms with Gasteiger partial charge in [0.25, 0.3) is 5.91 Å². The van der Waals surface area contributed by atoms with Gasteiger partial charge in [0.05, 0.1) is 4.90 Å². The van der Waals surface area contributed by atoms with Crippen LogP contribution in [0.3, 0.4) is 0 Å². The number of benzene rings is 2. The van der Waals surface area contributed by atoms with Crippen LogP contribution in [0.1, 0.15) is 47.7 Å². The molecule has 1 fully saturated rings. The van der Waals surface area contributed by atoms with Gasteiger partial charge in [-0.3, -0.25) is 4.79 Å². The summed E-state index contributed by atoms with van der Waals surface area (Å²) in [6.45, 7) is 7.72. The first-order valence-corrected chi connectivity index (χ1v) is 12.4. The maximum absolute atomic E-state index is 13.1. The molecular formula is C24H33N3O3S. The highest BCUT2D eigenvalue weighted by Gasteiger charge is 2.28. The van der Waals surface area contributed by atoms with Gasteiger partial charge in [-0.15, -0.1) is 0 Å². The molecule has 0 aliphatic carbocycles. The Kier molecular flexibility index (Phi) is 7.51. The van der Waals surface area contributed by atoms with Gasteiger partial charge in [0.1, 0.15) is 0 Å². The Labute approximate surface area is 186 Å². The number of sulfonamides is 1. The SMILES string of the molecule is CC[C@H](NS(=O)(=O)c1ccc(NC(=O)c2ccccc2C)c(C)c1)C1CCN(C)CC1. The molecule has 1 heterocycles. The van der Waals surface area contributed by atoms with E-state index in [1.165, 1.54) is 0 Å². The van der Waals surface area contributed by atoms with Crippen LogP contribution in [0.4, 0.5) is 5.69 Å². The Bertz CT molecular complexity index is 1030. The molecule has 0 saturated carbocycles. The number of nitrogens with one attached hydrogen (secondary N) is 2. The van der Waals surface area contributed by atoms with Crippen LogP contribution < -0.4 is 10.0 Å². The van der Waals surface area contributed by atoms with E-state index in [2.05, 4.69) is 22.0 Å². The summed E-state index contributed by atoms with van der Waals surface area (Å²) in [6, 6.07) is 12.1. The molecule has 0 unspecified atom stereocenters. The number of hydrogen-bond donors (Lipinski definition) is 2. The zero-order chi connectivity index (χ0) is 22.6. The van der Waals surface area contributed by atoms with Gasteiger partial charge in [0.15, 0.2) is 0 Å². The van der Waals surface area contributed by atoms with Crippen molar-refractivity contribution in [2.45, 2.75) is 51.0 Å². The minimum atomic E-state index is -3.64. The van der Waals surface area contributed by atoms with E-state index in [0.717, 1.165) is 37.9 Å². The van der Waals surface area contributed by atoms with E-state index in [9.17, 15) is 13.2 Å². The molecule has 1 aliphatic heterocycles. The Morgan fingerprint density at radius 2 is 1.77 bits per heavy atom. The van der Waals surface area contributed by atoms with E-state index >= 15 is 0 Å². The minimum absolute atomic E-state index is 0.0700. The summed E-state index contributed by atoms with van der Waals surface area (Å²) in [6.07, 6.45) is 2.76. The summed E-state index contributed by atoms with van der Waals surface area (Å²) < 4.78 is 29.0. The summed E-state index contributed by atoms with van der Waals surface area (Å²) >= 11 is 0. The third kappa shape index (κ3) is 5.73. The lowest BCUT2D eigenvalue weighted by molar-refractivity contribution is 0.102. The minimum Gasteiger partial charge on any atom is -0.322 e. The van der Waals surface area contributed by atoms with Gasteiger partial charge in [0.2, 0.25) is 10.0 Å². The molecule has 7 heteroatoms. The van der Waals surface area contributed by atoms with Gasteiger partial charge < -0.3 is 10.2 Å². The third-order valence-electron chi connectivity index (χ3n) is 6.22. The first-order valence-electron chi connectivity index (χ1n) is 10.9. The molecule has 1 atom stereocenters. The number of amides is 1. The summed E-state index contributed by atoms with van der Waals surface area (Å²) in [5.74, 6) is 0.146. The standard InChI is InChI=1S/C24H33N3O3S/c1-5-22(19-12-14-27(4)15-13-19)26-31(29,30)20-10-11-23(18(3)16-20)25-24(28)21-9-7-6-8-17(21)2/h6-11,16,19,22,26H,5,12-15H2,1-4H3,(H,25,28)/t22-/m0/s1. The maximum Gasteiger partial charge on any atom is 0.255 e. The van der Waals surface area contributed by atoms with Gasteiger partial charge >= 0.3 is 0 Å². The monoisotopic (exact) mass is 443 g/mol. The van der Waals surface area contributed by atoms with Crippen molar-refractivity contribution in [2.75, 3.05) is 25.5 Å². The van der Waals surface area contributed by atoms with Gasteiger partial charge in [-0.25, -0.2) is 13.1 Å². The summed E-state index contributed by atoms with van der Waals surface area (Å²) in [5, 5.41) is 2.89. The Morgan fingerprint density at radius 3 is 2.39 bits per heavy atom. The molecule has 1 saturated heterocycles. The summed E-state index contributed by atoms with van der Waals surface area (Å²) in [4.78, 5) is 15.1. The van der Waals surface area contributed by atoms with Crippen molar-refractivity contribution in [3.8, 4) is 0 Å². The number of hydrogen-bond acceptors (Lipinski definition) is 4. The van der Waals surface area contributed by atoms with E-state index in [4.69, 9.17) is 0 Å². The van der Waals surface area contributed by atoms with E-state index in [-0.39, 0.29) is 16.8 Å². The summed E-state index contributed by atoms with van der Waals surface area (Å²) in [7, 11) is -1.54. The first-order chi connectivity index (χ1) is 14.7. The fraction of sp³-hybridized carbons (Fsp3) is 0.458. The van der Waals surface area contributed by atoms with Crippen molar-refractivity contribution in [3.63, 3.8) is 0 Å². The van der Waals surface area contributed by atoms with Gasteiger partial charge in [-0.1, -0.05) is 25.1 Å². The maximum atomic E-state index is 13.1. The van der Waals surface area contributed by atoms with Crippen LogP contribution in [0, 0.1) is 19.8 Å². The molecule has 0 bridgehead atoms. The highest BCUT2D eigenvalue weighted by molar-refractivity contribution is 7.89. The number of carbonyl (C=O) groups excluding carboxylic acids is 1. The zero-order valence-electron chi connectivity index (χ0n) is 18.8. The van der Waals surface area contributed by atoms with Crippen LogP contribution in [-0.2, 0) is 10.0 Å². The quantitative estimate of drug-likeness (QED) is 0.679. The topological polar surface area (TPSA) is 78.5 Å². The highest BCUT2D eigenvalue weighted by Crippen LogP contribution is 2.25. The molecule has 2 aromatic rings. The lowest BCUT2D eigenvalue weighted by Gasteiger charge is -2.34. The van der Waals surface area contributed by atoms with Crippen LogP contribution in [0.2, 0.25) is 0 Å². The second kappa shape index (κ2) is 9.94. The number of carbonyl (C=O) groups is 1. The van der Waals surface area contributed by atoms with E-state index in [0.29, 0.717) is 22.7 Å². The van der Waals surface area contributed by atoms with Gasteiger partial charge in [-0.05, 0) is 94.6 Å². The number of nitrogens with zero attached hydrogens (tertiary/aromatic N) is 1. The molecule has 31 heavy (non-hydrogen) atoms. The predicted octanol–water partition coefficient (Wildman–Crippen LogP) is 3.95. The molecule has 1 amide bonds. The van der Waals surface area contributed by atoms with Crippen LogP contribution in [0.5, 0.6) is 0 Å². The van der Waals surface area contributed by atoms with Crippen LogP contribution in [0.25, 0.3) is 0 Å². The largest absolute Gasteiger partial charge is 0.322 e. The predicted molar refractivity (Wildman–Crippen MR) is 125 cm³/mol. The average Bonchev–Trinajstić information content (AvgIpc) is 2.74. The third-order valence-corrected chi connectivity index (χ3v) is 7.71. The Hall–Kier alpha value is -2.22. The van der Waals surface area contributed by atoms with Gasteiger partial charge in [-0.2, -0.15) is 0 Å². The van der Waals surface area contributed by atoms with E-state index in [1.54, 1.807) is 31.2 Å². The van der Waals surface area contributed by atoms with Crippen LogP contribution in [0.15, 0.2) is 47.4 Å². The number of piperidine rings is 1. The number of aryl methyl sites for hydroxylation is 2. The zero-order valence-corrected chi connectivity index (χ0v) is 19.6. The molecule has 1 aliphatic rings. The highest BCUT2D eigenvalue weighted by atomic mass is 32.2. The number of anilines is 1. The molecule has 6 nitrogen and oxygen atoms in total. The molecule has 0 radical (unpaired) electrons. The fourth-order valence-electron chi connectivity index (χ4n) is 4.17. The molecule has 0 spiro atoms. The van der Waals surface area contributed by atoms with Crippen LogP contribution >= 0.6 is 0 Å². The van der Waals surface area contributed by atoms with Crippen molar-refractivity contribution < 1.29 is 13.2 Å². The van der Waals surface area contributed by atoms with Gasteiger partial charge in [0, 0.05) is 17.3 Å². The van der Waals surface area contributed by atoms with E-state index in [1.807, 2.05) is 32.0 Å².